The van der Waals surface area contributed by atoms with Gasteiger partial charge in [0, 0.05) is 11.6 Å². The Labute approximate surface area is 110 Å². The lowest BCUT2D eigenvalue weighted by Crippen LogP contribution is -2.32. The van der Waals surface area contributed by atoms with Gasteiger partial charge in [-0.1, -0.05) is 38.1 Å². The molecule has 98 valence electrons. The lowest BCUT2D eigenvalue weighted by atomic mass is 10.0. The van der Waals surface area contributed by atoms with Gasteiger partial charge >= 0.3 is 0 Å². The average Bonchev–Trinajstić information content (AvgIpc) is 2.75. The first-order valence-corrected chi connectivity index (χ1v) is 6.95. The van der Waals surface area contributed by atoms with Gasteiger partial charge in [0.1, 0.15) is 0 Å². The van der Waals surface area contributed by atoms with Gasteiger partial charge in [0.2, 0.25) is 0 Å². The van der Waals surface area contributed by atoms with E-state index in [0.29, 0.717) is 18.5 Å². The van der Waals surface area contributed by atoms with Crippen LogP contribution in [0.5, 0.6) is 0 Å². The first-order valence-electron chi connectivity index (χ1n) is 6.95. The summed E-state index contributed by atoms with van der Waals surface area (Å²) in [7, 11) is 0. The number of hydrogen-bond acceptors (Lipinski definition) is 2. The summed E-state index contributed by atoms with van der Waals surface area (Å²) in [6.45, 7) is 8.19. The summed E-state index contributed by atoms with van der Waals surface area (Å²) in [4.78, 5) is 14.5. The van der Waals surface area contributed by atoms with Gasteiger partial charge in [-0.2, -0.15) is 0 Å². The summed E-state index contributed by atoms with van der Waals surface area (Å²) < 4.78 is 0. The third kappa shape index (κ3) is 2.99. The number of ketones is 1. The molecule has 0 saturated carbocycles. The zero-order valence-corrected chi connectivity index (χ0v) is 11.6. The highest BCUT2D eigenvalue weighted by Gasteiger charge is 2.22. The molecule has 1 atom stereocenters. The molecule has 1 aliphatic heterocycles. The van der Waals surface area contributed by atoms with Crippen molar-refractivity contribution in [3.05, 3.63) is 35.4 Å². The third-order valence-electron chi connectivity index (χ3n) is 3.94. The number of rotatable bonds is 4. The van der Waals surface area contributed by atoms with Crippen molar-refractivity contribution in [2.75, 3.05) is 13.1 Å². The molecule has 1 aliphatic rings. The van der Waals surface area contributed by atoms with E-state index in [-0.39, 0.29) is 5.78 Å². The monoisotopic (exact) mass is 245 g/mol. The van der Waals surface area contributed by atoms with Crippen molar-refractivity contribution in [2.45, 2.75) is 45.6 Å². The van der Waals surface area contributed by atoms with Gasteiger partial charge in [0.15, 0.2) is 5.78 Å². The number of hydrogen-bond donors (Lipinski definition) is 0. The highest BCUT2D eigenvalue weighted by molar-refractivity contribution is 5.97. The molecule has 1 unspecified atom stereocenters. The second-order valence-electron chi connectivity index (χ2n) is 5.66. The Morgan fingerprint density at radius 2 is 2.00 bits per heavy atom. The minimum Gasteiger partial charge on any atom is -0.293 e. The predicted octanol–water partition coefficient (Wildman–Crippen LogP) is 3.48. The van der Waals surface area contributed by atoms with E-state index in [1.54, 1.807) is 0 Å². The fraction of sp³-hybridized carbons (Fsp3) is 0.562. The Hall–Kier alpha value is -1.15. The van der Waals surface area contributed by atoms with Crippen LogP contribution in [-0.4, -0.2) is 29.8 Å². The maximum absolute atomic E-state index is 12.2. The highest BCUT2D eigenvalue weighted by Crippen LogP contribution is 2.18. The van der Waals surface area contributed by atoms with E-state index in [0.717, 1.165) is 12.1 Å². The average molecular weight is 245 g/mol. The van der Waals surface area contributed by atoms with Crippen LogP contribution in [0.4, 0.5) is 0 Å². The van der Waals surface area contributed by atoms with E-state index >= 15 is 0 Å². The van der Waals surface area contributed by atoms with Crippen LogP contribution in [0.15, 0.2) is 24.3 Å². The van der Waals surface area contributed by atoms with E-state index in [9.17, 15) is 4.79 Å². The summed E-state index contributed by atoms with van der Waals surface area (Å²) in [5.41, 5.74) is 2.14. The van der Waals surface area contributed by atoms with Gasteiger partial charge in [-0.3, -0.25) is 9.69 Å². The molecule has 1 fully saturated rings. The van der Waals surface area contributed by atoms with Gasteiger partial charge in [-0.15, -0.1) is 0 Å². The summed E-state index contributed by atoms with van der Waals surface area (Å²) in [6.07, 6.45) is 2.44. The molecule has 0 N–H and O–H groups in total. The number of carbonyl (C=O) groups excluding carboxylic acids is 1. The van der Waals surface area contributed by atoms with Crippen molar-refractivity contribution < 1.29 is 4.79 Å². The first-order chi connectivity index (χ1) is 8.58. The number of nitrogens with zero attached hydrogens (tertiary/aromatic N) is 1. The molecule has 0 bridgehead atoms. The van der Waals surface area contributed by atoms with Crippen LogP contribution in [0.3, 0.4) is 0 Å². The zero-order valence-electron chi connectivity index (χ0n) is 11.6. The summed E-state index contributed by atoms with van der Waals surface area (Å²) in [5.74, 6) is 0.770. The summed E-state index contributed by atoms with van der Waals surface area (Å²) in [6, 6.07) is 8.65. The Morgan fingerprint density at radius 1 is 1.33 bits per heavy atom. The van der Waals surface area contributed by atoms with Crippen LogP contribution in [0.2, 0.25) is 0 Å². The quantitative estimate of drug-likeness (QED) is 0.757. The van der Waals surface area contributed by atoms with Crippen LogP contribution in [0.1, 0.15) is 55.5 Å². The van der Waals surface area contributed by atoms with Gasteiger partial charge < -0.3 is 0 Å². The number of benzene rings is 1. The minimum atomic E-state index is 0.249. The highest BCUT2D eigenvalue weighted by atomic mass is 16.1. The lowest BCUT2D eigenvalue weighted by Gasteiger charge is -2.19. The second-order valence-corrected chi connectivity index (χ2v) is 5.66. The van der Waals surface area contributed by atoms with Crippen molar-refractivity contribution in [2.24, 2.45) is 0 Å². The Bertz CT molecular complexity index is 408. The molecular formula is C16H23NO. The molecule has 2 rings (SSSR count). The molecule has 0 aromatic heterocycles. The fourth-order valence-electron chi connectivity index (χ4n) is 2.56. The molecule has 2 heteroatoms. The van der Waals surface area contributed by atoms with E-state index in [4.69, 9.17) is 0 Å². The van der Waals surface area contributed by atoms with Gasteiger partial charge in [-0.05, 0) is 37.8 Å². The SMILES string of the molecule is CC(C)c1ccc(C(=O)CN2CCCC2C)cc1. The maximum atomic E-state index is 12.2. The normalized spacial score (nSPS) is 20.6. The maximum Gasteiger partial charge on any atom is 0.176 e. The number of Topliss-reactive ketones (excluding diaryl/α,β-unsaturated/α-hetero) is 1. The van der Waals surface area contributed by atoms with Gasteiger partial charge in [-0.25, -0.2) is 0 Å². The van der Waals surface area contributed by atoms with Gasteiger partial charge in [0.25, 0.3) is 0 Å². The van der Waals surface area contributed by atoms with Crippen LogP contribution >= 0.6 is 0 Å². The molecule has 0 amide bonds. The van der Waals surface area contributed by atoms with E-state index in [1.165, 1.54) is 18.4 Å². The molecule has 1 heterocycles. The van der Waals surface area contributed by atoms with Crippen LogP contribution in [0.25, 0.3) is 0 Å². The zero-order chi connectivity index (χ0) is 13.1. The Balaban J connectivity index is 2.00. The van der Waals surface area contributed by atoms with Crippen LogP contribution < -0.4 is 0 Å². The molecular weight excluding hydrogens is 222 g/mol. The van der Waals surface area contributed by atoms with Crippen molar-refractivity contribution >= 4 is 5.78 Å². The molecule has 18 heavy (non-hydrogen) atoms. The van der Waals surface area contributed by atoms with E-state index in [2.05, 4.69) is 37.8 Å². The Kier molecular flexibility index (Phi) is 4.18. The van der Waals surface area contributed by atoms with Crippen molar-refractivity contribution in [3.8, 4) is 0 Å². The molecule has 1 saturated heterocycles. The van der Waals surface area contributed by atoms with Gasteiger partial charge in [0.05, 0.1) is 6.54 Å². The molecule has 2 nitrogen and oxygen atoms in total. The third-order valence-corrected chi connectivity index (χ3v) is 3.94. The molecule has 0 spiro atoms. The second kappa shape index (κ2) is 5.66. The topological polar surface area (TPSA) is 20.3 Å². The molecule has 0 aliphatic carbocycles. The minimum absolute atomic E-state index is 0.249. The summed E-state index contributed by atoms with van der Waals surface area (Å²) >= 11 is 0. The van der Waals surface area contributed by atoms with Crippen LogP contribution in [-0.2, 0) is 0 Å². The predicted molar refractivity (Wildman–Crippen MR) is 75.1 cm³/mol. The standard InChI is InChI=1S/C16H23NO/c1-12(2)14-6-8-15(9-7-14)16(18)11-17-10-4-5-13(17)3/h6-9,12-13H,4-5,10-11H2,1-3H3. The molecule has 0 radical (unpaired) electrons. The Morgan fingerprint density at radius 3 is 2.50 bits per heavy atom. The first kappa shape index (κ1) is 13.3. The van der Waals surface area contributed by atoms with Crippen LogP contribution in [0, 0.1) is 0 Å². The fourth-order valence-corrected chi connectivity index (χ4v) is 2.56. The lowest BCUT2D eigenvalue weighted by molar-refractivity contribution is 0.0926. The van der Waals surface area contributed by atoms with Crippen molar-refractivity contribution in [1.29, 1.82) is 0 Å². The number of likely N-dealkylation sites (tertiary alicyclic amines) is 1. The largest absolute Gasteiger partial charge is 0.293 e. The molecule has 1 aromatic carbocycles. The van der Waals surface area contributed by atoms with E-state index < -0.39 is 0 Å². The molecule has 1 aromatic rings. The number of carbonyl (C=O) groups is 1. The smallest absolute Gasteiger partial charge is 0.176 e. The van der Waals surface area contributed by atoms with E-state index in [1.807, 2.05) is 12.1 Å². The summed E-state index contributed by atoms with van der Waals surface area (Å²) in [5, 5.41) is 0. The van der Waals surface area contributed by atoms with Crippen molar-refractivity contribution in [3.63, 3.8) is 0 Å². The van der Waals surface area contributed by atoms with Crippen molar-refractivity contribution in [1.82, 2.24) is 4.90 Å².